The van der Waals surface area contributed by atoms with Crippen LogP contribution in [0, 0.1) is 0 Å². The molecule has 0 amide bonds. The van der Waals surface area contributed by atoms with Crippen molar-refractivity contribution in [3.8, 4) is 0 Å². The number of halogens is 2. The van der Waals surface area contributed by atoms with E-state index < -0.39 is 0 Å². The summed E-state index contributed by atoms with van der Waals surface area (Å²) in [6, 6.07) is 7.23. The lowest BCUT2D eigenvalue weighted by atomic mass is 10.0. The molecule has 1 nitrogen and oxygen atoms in total. The van der Waals surface area contributed by atoms with Gasteiger partial charge >= 0.3 is 0 Å². The highest BCUT2D eigenvalue weighted by atomic mass is 35.5. The summed E-state index contributed by atoms with van der Waals surface area (Å²) in [7, 11) is 0. The Hall–Kier alpha value is -0.830. The minimum Gasteiger partial charge on any atom is -0.299 e. The molecule has 0 aliphatic heterocycles. The van der Waals surface area contributed by atoms with E-state index in [9.17, 15) is 4.79 Å². The molecule has 1 aromatic carbocycles. The van der Waals surface area contributed by atoms with Gasteiger partial charge in [-0.3, -0.25) is 4.79 Å². The third kappa shape index (κ3) is 3.32. The van der Waals surface area contributed by atoms with Crippen molar-refractivity contribution >= 4 is 40.3 Å². The van der Waals surface area contributed by atoms with Crippen LogP contribution in [0.5, 0.6) is 0 Å². The standard InChI is InChI=1S/C13H10Cl2OS/c14-12-2-1-3-13(15)11(12)7-10(16)6-9-4-5-17-8-9/h1-5,8H,6-7H2. The fraction of sp³-hybridized carbons (Fsp3) is 0.154. The van der Waals surface area contributed by atoms with Crippen LogP contribution in [0.1, 0.15) is 11.1 Å². The number of benzene rings is 1. The summed E-state index contributed by atoms with van der Waals surface area (Å²) in [6.45, 7) is 0. The van der Waals surface area contributed by atoms with Crippen LogP contribution in [0.25, 0.3) is 0 Å². The number of carbonyl (C=O) groups excluding carboxylic acids is 1. The lowest BCUT2D eigenvalue weighted by molar-refractivity contribution is -0.117. The van der Waals surface area contributed by atoms with Gasteiger partial charge in [0.2, 0.25) is 0 Å². The second-order valence-corrected chi connectivity index (χ2v) is 5.32. The average molecular weight is 285 g/mol. The molecule has 0 radical (unpaired) electrons. The maximum atomic E-state index is 11.9. The minimum atomic E-state index is 0.124. The van der Waals surface area contributed by atoms with Crippen LogP contribution in [0.4, 0.5) is 0 Å². The summed E-state index contributed by atoms with van der Waals surface area (Å²) >= 11 is 13.6. The van der Waals surface area contributed by atoms with Crippen molar-refractivity contribution in [2.45, 2.75) is 12.8 Å². The first-order valence-electron chi connectivity index (χ1n) is 5.12. The zero-order valence-electron chi connectivity index (χ0n) is 8.95. The van der Waals surface area contributed by atoms with Crippen LogP contribution in [-0.4, -0.2) is 5.78 Å². The van der Waals surface area contributed by atoms with Gasteiger partial charge in [-0.25, -0.2) is 0 Å². The molecule has 0 spiro atoms. The second-order valence-electron chi connectivity index (χ2n) is 3.72. The molecule has 1 heterocycles. The SMILES string of the molecule is O=C(Cc1ccsc1)Cc1c(Cl)cccc1Cl. The van der Waals surface area contributed by atoms with E-state index in [0.717, 1.165) is 11.1 Å². The van der Waals surface area contributed by atoms with Crippen molar-refractivity contribution in [2.75, 3.05) is 0 Å². The fourth-order valence-corrected chi connectivity index (χ4v) is 2.78. The maximum absolute atomic E-state index is 11.9. The summed E-state index contributed by atoms with van der Waals surface area (Å²) in [5.41, 5.74) is 1.76. The summed E-state index contributed by atoms with van der Waals surface area (Å²) in [5.74, 6) is 0.124. The molecular formula is C13H10Cl2OS. The van der Waals surface area contributed by atoms with Gasteiger partial charge in [0.1, 0.15) is 5.78 Å². The Morgan fingerprint density at radius 2 is 1.82 bits per heavy atom. The smallest absolute Gasteiger partial charge is 0.141 e. The third-order valence-electron chi connectivity index (χ3n) is 2.42. The monoisotopic (exact) mass is 284 g/mol. The van der Waals surface area contributed by atoms with Gasteiger partial charge in [0, 0.05) is 22.9 Å². The Morgan fingerprint density at radius 3 is 2.41 bits per heavy atom. The predicted molar refractivity (Wildman–Crippen MR) is 73.2 cm³/mol. The van der Waals surface area contributed by atoms with Crippen molar-refractivity contribution in [3.63, 3.8) is 0 Å². The number of Topliss-reactive ketones (excluding diaryl/α,β-unsaturated/α-hetero) is 1. The fourth-order valence-electron chi connectivity index (χ4n) is 1.58. The Morgan fingerprint density at radius 1 is 1.12 bits per heavy atom. The highest BCUT2D eigenvalue weighted by Gasteiger charge is 2.11. The number of hydrogen-bond acceptors (Lipinski definition) is 2. The van der Waals surface area contributed by atoms with E-state index in [2.05, 4.69) is 0 Å². The number of hydrogen-bond donors (Lipinski definition) is 0. The van der Waals surface area contributed by atoms with Gasteiger partial charge < -0.3 is 0 Å². The molecule has 0 atom stereocenters. The van der Waals surface area contributed by atoms with Crippen LogP contribution in [0.2, 0.25) is 10.0 Å². The summed E-state index contributed by atoms with van der Waals surface area (Å²) in [5, 5.41) is 5.05. The van der Waals surface area contributed by atoms with Crippen LogP contribution >= 0.6 is 34.5 Å². The van der Waals surface area contributed by atoms with E-state index in [1.807, 2.05) is 16.8 Å². The molecule has 2 rings (SSSR count). The molecule has 88 valence electrons. The van der Waals surface area contributed by atoms with Crippen molar-refractivity contribution in [2.24, 2.45) is 0 Å². The second kappa shape index (κ2) is 5.67. The van der Waals surface area contributed by atoms with Crippen molar-refractivity contribution < 1.29 is 4.79 Å². The third-order valence-corrected chi connectivity index (χ3v) is 3.86. The predicted octanol–water partition coefficient (Wildman–Crippen LogP) is 4.41. The molecule has 0 unspecified atom stereocenters. The van der Waals surface area contributed by atoms with Gasteiger partial charge in [-0.1, -0.05) is 29.3 Å². The van der Waals surface area contributed by atoms with Crippen molar-refractivity contribution in [1.82, 2.24) is 0 Å². The molecular weight excluding hydrogens is 275 g/mol. The molecule has 2 aromatic rings. The van der Waals surface area contributed by atoms with Crippen LogP contribution in [0.15, 0.2) is 35.0 Å². The van der Waals surface area contributed by atoms with Gasteiger partial charge in [-0.15, -0.1) is 0 Å². The summed E-state index contributed by atoms with van der Waals surface area (Å²) in [4.78, 5) is 11.9. The molecule has 0 bridgehead atoms. The highest BCUT2D eigenvalue weighted by molar-refractivity contribution is 7.08. The summed E-state index contributed by atoms with van der Waals surface area (Å²) < 4.78 is 0. The van der Waals surface area contributed by atoms with E-state index in [1.54, 1.807) is 29.5 Å². The molecule has 0 saturated carbocycles. The van der Waals surface area contributed by atoms with Crippen LogP contribution in [0.3, 0.4) is 0 Å². The topological polar surface area (TPSA) is 17.1 Å². The number of thiophene rings is 1. The lowest BCUT2D eigenvalue weighted by Gasteiger charge is -2.05. The van der Waals surface area contributed by atoms with E-state index in [-0.39, 0.29) is 12.2 Å². The average Bonchev–Trinajstić information content (AvgIpc) is 2.76. The van der Waals surface area contributed by atoms with Gasteiger partial charge in [-0.2, -0.15) is 11.3 Å². The Labute approximate surface area is 114 Å². The van der Waals surface area contributed by atoms with Gasteiger partial charge in [0.05, 0.1) is 0 Å². The molecule has 1 aromatic heterocycles. The zero-order chi connectivity index (χ0) is 12.3. The zero-order valence-corrected chi connectivity index (χ0v) is 11.3. The lowest BCUT2D eigenvalue weighted by Crippen LogP contribution is -2.06. The summed E-state index contributed by atoms with van der Waals surface area (Å²) in [6.07, 6.45) is 0.722. The largest absolute Gasteiger partial charge is 0.299 e. The van der Waals surface area contributed by atoms with E-state index in [0.29, 0.717) is 16.5 Å². The Kier molecular flexibility index (Phi) is 4.21. The quantitative estimate of drug-likeness (QED) is 0.813. The maximum Gasteiger partial charge on any atom is 0.141 e. The molecule has 0 saturated heterocycles. The number of ketones is 1. The van der Waals surface area contributed by atoms with Crippen LogP contribution < -0.4 is 0 Å². The van der Waals surface area contributed by atoms with E-state index in [4.69, 9.17) is 23.2 Å². The highest BCUT2D eigenvalue weighted by Crippen LogP contribution is 2.25. The first-order chi connectivity index (χ1) is 8.16. The molecule has 4 heteroatoms. The Balaban J connectivity index is 2.08. The van der Waals surface area contributed by atoms with Gasteiger partial charge in [0.25, 0.3) is 0 Å². The minimum absolute atomic E-state index is 0.124. The van der Waals surface area contributed by atoms with E-state index >= 15 is 0 Å². The molecule has 17 heavy (non-hydrogen) atoms. The molecule has 0 fully saturated rings. The molecule has 0 N–H and O–H groups in total. The molecule has 0 aliphatic carbocycles. The molecule has 0 aliphatic rings. The van der Waals surface area contributed by atoms with Crippen molar-refractivity contribution in [3.05, 3.63) is 56.2 Å². The normalized spacial score (nSPS) is 10.5. The Bertz CT molecular complexity index is 500. The first kappa shape index (κ1) is 12.6. The number of rotatable bonds is 4. The van der Waals surface area contributed by atoms with Crippen LogP contribution in [-0.2, 0) is 17.6 Å². The number of carbonyl (C=O) groups is 1. The van der Waals surface area contributed by atoms with Gasteiger partial charge in [-0.05, 0) is 40.1 Å². The van der Waals surface area contributed by atoms with Gasteiger partial charge in [0.15, 0.2) is 0 Å². The van der Waals surface area contributed by atoms with Crippen molar-refractivity contribution in [1.29, 1.82) is 0 Å². The van der Waals surface area contributed by atoms with E-state index in [1.165, 1.54) is 0 Å². The first-order valence-corrected chi connectivity index (χ1v) is 6.82.